The summed E-state index contributed by atoms with van der Waals surface area (Å²) >= 11 is 0. The number of nitrogens with one attached hydrogen (secondary N) is 1. The number of hydrogen-bond donors (Lipinski definition) is 2. The monoisotopic (exact) mass is 564 g/mol. The molecule has 2 fully saturated rings. The summed E-state index contributed by atoms with van der Waals surface area (Å²) < 4.78 is 13.6. The van der Waals surface area contributed by atoms with Crippen molar-refractivity contribution in [3.05, 3.63) is 71.0 Å². The highest BCUT2D eigenvalue weighted by Crippen LogP contribution is 2.29. The molecule has 1 saturated heterocycles. The molecule has 7 nitrogen and oxygen atoms in total. The van der Waals surface area contributed by atoms with E-state index in [1.165, 1.54) is 24.3 Å². The summed E-state index contributed by atoms with van der Waals surface area (Å²) in [4.78, 5) is 44.6. The number of likely N-dealkylation sites (tertiary alicyclic amines) is 1. The molecule has 0 spiro atoms. The Balaban J connectivity index is 1.54. The van der Waals surface area contributed by atoms with Crippen molar-refractivity contribution in [1.82, 2.24) is 15.1 Å². The van der Waals surface area contributed by atoms with Crippen LogP contribution >= 0.6 is 0 Å². The molecule has 0 radical (unpaired) electrons. The number of benzene rings is 2. The minimum atomic E-state index is -0.696. The first-order valence-corrected chi connectivity index (χ1v) is 15.1. The van der Waals surface area contributed by atoms with Crippen LogP contribution < -0.4 is 11.1 Å². The average molecular weight is 565 g/mol. The molecule has 1 saturated carbocycles. The molecule has 1 aliphatic heterocycles. The lowest BCUT2D eigenvalue weighted by Gasteiger charge is -2.43. The van der Waals surface area contributed by atoms with Crippen LogP contribution in [-0.4, -0.2) is 65.8 Å². The van der Waals surface area contributed by atoms with Crippen LogP contribution in [0.4, 0.5) is 4.39 Å². The normalized spacial score (nSPS) is 22.8. The van der Waals surface area contributed by atoms with Crippen LogP contribution in [0.2, 0.25) is 0 Å². The quantitative estimate of drug-likeness (QED) is 0.458. The number of amides is 3. The first-order chi connectivity index (χ1) is 19.7. The zero-order valence-electron chi connectivity index (χ0n) is 24.7. The van der Waals surface area contributed by atoms with Crippen LogP contribution in [0, 0.1) is 30.5 Å². The maximum atomic E-state index is 13.8. The van der Waals surface area contributed by atoms with Gasteiger partial charge in [0.1, 0.15) is 11.9 Å². The number of rotatable bonds is 9. The predicted molar refractivity (Wildman–Crippen MR) is 159 cm³/mol. The topological polar surface area (TPSA) is 95.7 Å². The van der Waals surface area contributed by atoms with E-state index < -0.39 is 11.9 Å². The molecular weight excluding hydrogens is 519 g/mol. The summed E-state index contributed by atoms with van der Waals surface area (Å²) in [5.41, 5.74) is 7.87. The van der Waals surface area contributed by atoms with Gasteiger partial charge in [0.25, 0.3) is 11.8 Å². The number of carbonyl (C=O) groups excluding carboxylic acids is 3. The third-order valence-corrected chi connectivity index (χ3v) is 8.66. The third kappa shape index (κ3) is 7.94. The van der Waals surface area contributed by atoms with Gasteiger partial charge in [0.15, 0.2) is 0 Å². The van der Waals surface area contributed by atoms with Gasteiger partial charge in [0, 0.05) is 36.8 Å². The molecule has 222 valence electrons. The van der Waals surface area contributed by atoms with Crippen LogP contribution in [0.25, 0.3) is 0 Å². The number of nitrogens with two attached hydrogens (primary N) is 1. The first kappa shape index (κ1) is 30.7. The highest BCUT2D eigenvalue weighted by Gasteiger charge is 2.40. The molecule has 2 atom stereocenters. The largest absolute Gasteiger partial charge is 0.354 e. The number of nitrogens with zero attached hydrogens (tertiary/aromatic N) is 2. The lowest BCUT2D eigenvalue weighted by atomic mass is 9.82. The van der Waals surface area contributed by atoms with Gasteiger partial charge in [-0.1, -0.05) is 31.5 Å². The Hall–Kier alpha value is -3.26. The van der Waals surface area contributed by atoms with Crippen molar-refractivity contribution in [2.75, 3.05) is 26.2 Å². The molecule has 3 amide bonds. The fourth-order valence-electron chi connectivity index (χ4n) is 6.17. The van der Waals surface area contributed by atoms with Crippen LogP contribution in [0.5, 0.6) is 0 Å². The van der Waals surface area contributed by atoms with E-state index in [2.05, 4.69) is 5.32 Å². The van der Waals surface area contributed by atoms with E-state index in [4.69, 9.17) is 5.73 Å². The van der Waals surface area contributed by atoms with E-state index in [0.29, 0.717) is 62.0 Å². The smallest absolute Gasteiger partial charge is 0.254 e. The van der Waals surface area contributed by atoms with Crippen molar-refractivity contribution >= 4 is 17.7 Å². The zero-order chi connectivity index (χ0) is 29.5. The van der Waals surface area contributed by atoms with Crippen molar-refractivity contribution in [3.8, 4) is 0 Å². The predicted octanol–water partition coefficient (Wildman–Crippen LogP) is 4.79. The second-order valence-corrected chi connectivity index (χ2v) is 12.3. The summed E-state index contributed by atoms with van der Waals surface area (Å²) in [5.74, 6) is 0.241. The second kappa shape index (κ2) is 14.1. The third-order valence-electron chi connectivity index (χ3n) is 8.66. The van der Waals surface area contributed by atoms with Crippen LogP contribution in [0.3, 0.4) is 0 Å². The van der Waals surface area contributed by atoms with Gasteiger partial charge in [0.2, 0.25) is 5.91 Å². The summed E-state index contributed by atoms with van der Waals surface area (Å²) in [6, 6.07) is 12.1. The molecular formula is C33H45FN4O3. The molecule has 3 N–H and O–H groups in total. The van der Waals surface area contributed by atoms with Gasteiger partial charge in [-0.05, 0) is 106 Å². The standard InChI is InChI=1S/C33H45FN4O3/c1-22(2)21-38(33(41)27-12-14-28(34)15-13-27)29-16-17-37(32(40)26-10-4-23(3)5-11-26)30(18-29)31(39)36-20-25-8-6-24(19-35)7-9-25/h4-5,10-15,22,24-25,29-30H,6-9,16-21,35H2,1-3H3,(H,36,39)/t24?,25?,29?,30-/m1/s1. The first-order valence-electron chi connectivity index (χ1n) is 15.1. The molecule has 2 aromatic rings. The molecule has 4 rings (SSSR count). The van der Waals surface area contributed by atoms with Crippen LogP contribution in [0.15, 0.2) is 48.5 Å². The van der Waals surface area contributed by atoms with E-state index in [-0.39, 0.29) is 29.7 Å². The number of carbonyl (C=O) groups is 3. The van der Waals surface area contributed by atoms with E-state index in [1.54, 1.807) is 17.0 Å². The van der Waals surface area contributed by atoms with Crippen LogP contribution in [0.1, 0.15) is 78.7 Å². The second-order valence-electron chi connectivity index (χ2n) is 12.3. The molecule has 2 aliphatic rings. The Labute approximate surface area is 243 Å². The molecule has 8 heteroatoms. The fourth-order valence-corrected chi connectivity index (χ4v) is 6.17. The highest BCUT2D eigenvalue weighted by molar-refractivity contribution is 5.98. The van der Waals surface area contributed by atoms with E-state index >= 15 is 0 Å². The van der Waals surface area contributed by atoms with Crippen molar-refractivity contribution < 1.29 is 18.8 Å². The molecule has 0 aromatic heterocycles. The number of aryl methyl sites for hydroxylation is 1. The average Bonchev–Trinajstić information content (AvgIpc) is 2.98. The number of halogens is 1. The fraction of sp³-hybridized carbons (Fsp3) is 0.545. The molecule has 1 heterocycles. The Kier molecular flexibility index (Phi) is 10.5. The minimum absolute atomic E-state index is 0.171. The van der Waals surface area contributed by atoms with E-state index in [1.807, 2.05) is 37.8 Å². The Morgan fingerprint density at radius 3 is 2.17 bits per heavy atom. The lowest BCUT2D eigenvalue weighted by Crippen LogP contribution is -2.58. The van der Waals surface area contributed by atoms with Crippen molar-refractivity contribution in [1.29, 1.82) is 0 Å². The maximum absolute atomic E-state index is 13.8. The van der Waals surface area contributed by atoms with Gasteiger partial charge in [-0.2, -0.15) is 0 Å². The van der Waals surface area contributed by atoms with Crippen LogP contribution in [-0.2, 0) is 4.79 Å². The molecule has 41 heavy (non-hydrogen) atoms. The Morgan fingerprint density at radius 1 is 0.951 bits per heavy atom. The van der Waals surface area contributed by atoms with E-state index in [9.17, 15) is 18.8 Å². The minimum Gasteiger partial charge on any atom is -0.354 e. The number of piperidine rings is 1. The zero-order valence-corrected chi connectivity index (χ0v) is 24.7. The summed E-state index contributed by atoms with van der Waals surface area (Å²) in [6.07, 6.45) is 5.14. The van der Waals surface area contributed by atoms with Crippen molar-refractivity contribution in [2.45, 2.75) is 71.4 Å². The molecule has 0 bridgehead atoms. The summed E-state index contributed by atoms with van der Waals surface area (Å²) in [6.45, 7) is 8.22. The number of hydrogen-bond acceptors (Lipinski definition) is 4. The highest BCUT2D eigenvalue weighted by atomic mass is 19.1. The van der Waals surface area contributed by atoms with Gasteiger partial charge in [-0.3, -0.25) is 14.4 Å². The van der Waals surface area contributed by atoms with Crippen molar-refractivity contribution in [3.63, 3.8) is 0 Å². The van der Waals surface area contributed by atoms with Gasteiger partial charge in [0.05, 0.1) is 0 Å². The lowest BCUT2D eigenvalue weighted by molar-refractivity contribution is -0.127. The van der Waals surface area contributed by atoms with Gasteiger partial charge >= 0.3 is 0 Å². The molecule has 2 aromatic carbocycles. The Morgan fingerprint density at radius 2 is 1.56 bits per heavy atom. The van der Waals surface area contributed by atoms with Gasteiger partial charge < -0.3 is 20.9 Å². The SMILES string of the molecule is Cc1ccc(C(=O)N2CCC(N(CC(C)C)C(=O)c3ccc(F)cc3)C[C@@H]2C(=O)NCC2CCC(CN)CC2)cc1. The summed E-state index contributed by atoms with van der Waals surface area (Å²) in [7, 11) is 0. The molecule has 1 aliphatic carbocycles. The van der Waals surface area contributed by atoms with Gasteiger partial charge in [-0.15, -0.1) is 0 Å². The van der Waals surface area contributed by atoms with Gasteiger partial charge in [-0.25, -0.2) is 4.39 Å². The molecule has 1 unspecified atom stereocenters. The van der Waals surface area contributed by atoms with E-state index in [0.717, 1.165) is 31.2 Å². The summed E-state index contributed by atoms with van der Waals surface area (Å²) in [5, 5.41) is 3.16. The Bertz CT molecular complexity index is 1180. The van der Waals surface area contributed by atoms with Crippen molar-refractivity contribution in [2.24, 2.45) is 23.5 Å². The maximum Gasteiger partial charge on any atom is 0.254 e.